The van der Waals surface area contributed by atoms with Gasteiger partial charge >= 0.3 is 0 Å². The first-order valence-electron chi connectivity index (χ1n) is 6.29. The van der Waals surface area contributed by atoms with Crippen LogP contribution in [-0.4, -0.2) is 6.04 Å². The molecule has 0 amide bonds. The van der Waals surface area contributed by atoms with Gasteiger partial charge in [-0.3, -0.25) is 5.32 Å². The molecule has 1 aromatic rings. The molecule has 0 spiro atoms. The maximum atomic E-state index is 5.49. The molecule has 0 fully saturated rings. The molecular formula is C16H23N. The molecule has 2 atom stereocenters. The number of benzene rings is 1. The minimum Gasteiger partial charge on any atom is -0.297 e. The summed E-state index contributed by atoms with van der Waals surface area (Å²) in [6, 6.07) is 4.98. The van der Waals surface area contributed by atoms with Gasteiger partial charge in [0, 0.05) is 6.04 Å². The molecule has 1 heteroatoms. The molecule has 0 aromatic heterocycles. The molecule has 0 saturated carbocycles. The molecule has 2 unspecified atom stereocenters. The van der Waals surface area contributed by atoms with Gasteiger partial charge in [-0.25, -0.2) is 0 Å². The molecule has 0 radical (unpaired) electrons. The summed E-state index contributed by atoms with van der Waals surface area (Å²) >= 11 is 0. The van der Waals surface area contributed by atoms with E-state index in [0.29, 0.717) is 6.04 Å². The summed E-state index contributed by atoms with van der Waals surface area (Å²) in [5.41, 5.74) is 5.37. The molecule has 0 aliphatic rings. The normalized spacial score (nSPS) is 14.1. The van der Waals surface area contributed by atoms with Gasteiger partial charge < -0.3 is 0 Å². The van der Waals surface area contributed by atoms with E-state index in [1.54, 1.807) is 0 Å². The van der Waals surface area contributed by atoms with Crippen LogP contribution in [0.4, 0.5) is 0 Å². The van der Waals surface area contributed by atoms with Crippen LogP contribution in [0.2, 0.25) is 0 Å². The molecule has 1 rings (SSSR count). The van der Waals surface area contributed by atoms with E-state index in [0.717, 1.165) is 6.42 Å². The Morgan fingerprint density at radius 1 is 1.18 bits per heavy atom. The van der Waals surface area contributed by atoms with Crippen molar-refractivity contribution >= 4 is 0 Å². The van der Waals surface area contributed by atoms with E-state index in [9.17, 15) is 0 Å². The van der Waals surface area contributed by atoms with E-state index in [4.69, 9.17) is 6.42 Å². The lowest BCUT2D eigenvalue weighted by Crippen LogP contribution is -2.30. The summed E-state index contributed by atoms with van der Waals surface area (Å²) in [5, 5.41) is 3.48. The molecule has 1 aromatic carbocycles. The number of hydrogen-bond acceptors (Lipinski definition) is 1. The fraction of sp³-hybridized carbons (Fsp3) is 0.500. The number of rotatable bonds is 4. The first kappa shape index (κ1) is 13.8. The number of terminal acetylenes is 1. The number of hydrogen-bond donors (Lipinski definition) is 1. The van der Waals surface area contributed by atoms with E-state index in [1.165, 1.54) is 22.3 Å². The maximum Gasteiger partial charge on any atom is 0.0688 e. The molecule has 17 heavy (non-hydrogen) atoms. The quantitative estimate of drug-likeness (QED) is 0.777. The van der Waals surface area contributed by atoms with Crippen LogP contribution in [-0.2, 0) is 0 Å². The molecule has 0 aliphatic heterocycles. The van der Waals surface area contributed by atoms with E-state index in [-0.39, 0.29) is 6.04 Å². The Hall–Kier alpha value is -1.26. The number of nitrogens with one attached hydrogen (secondary N) is 1. The zero-order chi connectivity index (χ0) is 13.0. The van der Waals surface area contributed by atoms with Crippen molar-refractivity contribution in [3.05, 3.63) is 34.4 Å². The van der Waals surface area contributed by atoms with Gasteiger partial charge in [-0.15, -0.1) is 6.42 Å². The lowest BCUT2D eigenvalue weighted by molar-refractivity contribution is 0.510. The predicted molar refractivity (Wildman–Crippen MR) is 75.1 cm³/mol. The molecule has 0 heterocycles. The maximum absolute atomic E-state index is 5.49. The van der Waals surface area contributed by atoms with Gasteiger partial charge in [0.1, 0.15) is 0 Å². The Morgan fingerprint density at radius 2 is 1.76 bits per heavy atom. The summed E-state index contributed by atoms with van der Waals surface area (Å²) in [7, 11) is 0. The second-order valence-corrected chi connectivity index (χ2v) is 4.81. The van der Waals surface area contributed by atoms with Crippen molar-refractivity contribution in [3.63, 3.8) is 0 Å². The van der Waals surface area contributed by atoms with Crippen LogP contribution in [0.3, 0.4) is 0 Å². The van der Waals surface area contributed by atoms with Crippen molar-refractivity contribution in [2.24, 2.45) is 0 Å². The fourth-order valence-electron chi connectivity index (χ4n) is 2.12. The second-order valence-electron chi connectivity index (χ2n) is 4.81. The minimum absolute atomic E-state index is 0.158. The first-order valence-corrected chi connectivity index (χ1v) is 6.29. The molecular weight excluding hydrogens is 206 g/mol. The second kappa shape index (κ2) is 5.89. The highest BCUT2D eigenvalue weighted by Crippen LogP contribution is 2.22. The predicted octanol–water partition coefficient (Wildman–Crippen LogP) is 3.67. The summed E-state index contributed by atoms with van der Waals surface area (Å²) in [5.74, 6) is 2.79. The molecule has 1 nitrogen and oxygen atoms in total. The average molecular weight is 229 g/mol. The van der Waals surface area contributed by atoms with E-state index in [2.05, 4.69) is 58.0 Å². The molecule has 92 valence electrons. The van der Waals surface area contributed by atoms with E-state index < -0.39 is 0 Å². The van der Waals surface area contributed by atoms with Crippen molar-refractivity contribution < 1.29 is 0 Å². The van der Waals surface area contributed by atoms with Gasteiger partial charge in [-0.05, 0) is 56.4 Å². The zero-order valence-electron chi connectivity index (χ0n) is 11.6. The Bertz CT molecular complexity index is 426. The summed E-state index contributed by atoms with van der Waals surface area (Å²) in [4.78, 5) is 0. The smallest absolute Gasteiger partial charge is 0.0688 e. The number of aryl methyl sites for hydroxylation is 3. The van der Waals surface area contributed by atoms with Crippen LogP contribution >= 0.6 is 0 Å². The van der Waals surface area contributed by atoms with Gasteiger partial charge in [-0.2, -0.15) is 0 Å². The van der Waals surface area contributed by atoms with Crippen molar-refractivity contribution in [2.75, 3.05) is 0 Å². The Morgan fingerprint density at radius 3 is 2.29 bits per heavy atom. The van der Waals surface area contributed by atoms with Gasteiger partial charge in [0.2, 0.25) is 0 Å². The highest BCUT2D eigenvalue weighted by atomic mass is 14.9. The van der Waals surface area contributed by atoms with Crippen LogP contribution in [0, 0.1) is 33.1 Å². The largest absolute Gasteiger partial charge is 0.297 e. The third-order valence-corrected chi connectivity index (χ3v) is 3.41. The lowest BCUT2D eigenvalue weighted by atomic mass is 9.96. The third-order valence-electron chi connectivity index (χ3n) is 3.41. The van der Waals surface area contributed by atoms with Gasteiger partial charge in [-0.1, -0.05) is 25.0 Å². The molecule has 0 aliphatic carbocycles. The van der Waals surface area contributed by atoms with Crippen molar-refractivity contribution in [2.45, 2.75) is 53.1 Å². The van der Waals surface area contributed by atoms with E-state index >= 15 is 0 Å². The molecule has 1 N–H and O–H groups in total. The van der Waals surface area contributed by atoms with E-state index in [1.807, 2.05) is 0 Å². The fourth-order valence-corrected chi connectivity index (χ4v) is 2.12. The van der Waals surface area contributed by atoms with Crippen molar-refractivity contribution in [1.29, 1.82) is 0 Å². The summed E-state index contributed by atoms with van der Waals surface area (Å²) < 4.78 is 0. The van der Waals surface area contributed by atoms with Crippen molar-refractivity contribution in [1.82, 2.24) is 5.32 Å². The summed E-state index contributed by atoms with van der Waals surface area (Å²) in [6.45, 7) is 10.8. The third kappa shape index (κ3) is 3.35. The average Bonchev–Trinajstić information content (AvgIpc) is 2.30. The Labute approximate surface area is 106 Å². The van der Waals surface area contributed by atoms with Gasteiger partial charge in [0.15, 0.2) is 0 Å². The van der Waals surface area contributed by atoms with Crippen LogP contribution in [0.5, 0.6) is 0 Å². The van der Waals surface area contributed by atoms with Crippen LogP contribution in [0.15, 0.2) is 12.1 Å². The highest BCUT2D eigenvalue weighted by Gasteiger charge is 2.12. The Kier molecular flexibility index (Phi) is 4.78. The molecule has 0 bridgehead atoms. The van der Waals surface area contributed by atoms with Crippen LogP contribution < -0.4 is 5.32 Å². The highest BCUT2D eigenvalue weighted by molar-refractivity contribution is 5.38. The van der Waals surface area contributed by atoms with Gasteiger partial charge in [0.25, 0.3) is 0 Å². The van der Waals surface area contributed by atoms with Crippen LogP contribution in [0.1, 0.15) is 48.6 Å². The van der Waals surface area contributed by atoms with Crippen LogP contribution in [0.25, 0.3) is 0 Å². The molecule has 0 saturated heterocycles. The topological polar surface area (TPSA) is 12.0 Å². The van der Waals surface area contributed by atoms with Gasteiger partial charge in [0.05, 0.1) is 6.04 Å². The minimum atomic E-state index is 0.158. The SMILES string of the molecule is C#CC(CC)NC(C)c1cc(C)c(C)cc1C. The lowest BCUT2D eigenvalue weighted by Gasteiger charge is -2.21. The van der Waals surface area contributed by atoms with Crippen molar-refractivity contribution in [3.8, 4) is 12.3 Å². The Balaban J connectivity index is 2.93. The summed E-state index contributed by atoms with van der Waals surface area (Å²) in [6.07, 6.45) is 6.45. The zero-order valence-corrected chi connectivity index (χ0v) is 11.6. The standard InChI is InChI=1S/C16H23N/c1-7-15(8-2)17-14(6)16-10-12(4)11(3)9-13(16)5/h1,9-10,14-15,17H,8H2,2-6H3. The first-order chi connectivity index (χ1) is 7.99. The monoisotopic (exact) mass is 229 g/mol.